The third-order valence-electron chi connectivity index (χ3n) is 1.79. The molecule has 1 aromatic carbocycles. The van der Waals surface area contributed by atoms with Gasteiger partial charge in [0.05, 0.1) is 11.9 Å². The van der Waals surface area contributed by atoms with Crippen LogP contribution in [0.2, 0.25) is 5.02 Å². The first-order valence-electron chi connectivity index (χ1n) is 4.32. The van der Waals surface area contributed by atoms with Gasteiger partial charge in [0.25, 0.3) is 0 Å². The number of hydrogen-bond acceptors (Lipinski definition) is 5. The molecule has 16 heavy (non-hydrogen) atoms. The molecule has 1 aromatic heterocycles. The van der Waals surface area contributed by atoms with Gasteiger partial charge in [-0.25, -0.2) is 0 Å². The van der Waals surface area contributed by atoms with Crippen molar-refractivity contribution < 1.29 is 5.11 Å². The van der Waals surface area contributed by atoms with E-state index in [2.05, 4.69) is 20.5 Å². The van der Waals surface area contributed by atoms with E-state index in [-0.39, 0.29) is 10.5 Å². The molecule has 1 heterocycles. The van der Waals surface area contributed by atoms with E-state index in [1.165, 1.54) is 12.3 Å². The molecule has 0 atom stereocenters. The fourth-order valence-electron chi connectivity index (χ4n) is 1.12. The van der Waals surface area contributed by atoms with Crippen molar-refractivity contribution in [1.29, 1.82) is 0 Å². The number of benzene rings is 1. The monoisotopic (exact) mass is 254 g/mol. The lowest BCUT2D eigenvalue weighted by Gasteiger charge is -2.06. The van der Waals surface area contributed by atoms with Crippen LogP contribution in [0.5, 0.6) is 5.75 Å². The summed E-state index contributed by atoms with van der Waals surface area (Å²) in [4.78, 5) is 3.97. The van der Waals surface area contributed by atoms with Crippen LogP contribution in [0.3, 0.4) is 0 Å². The third kappa shape index (κ3) is 2.47. The predicted molar refractivity (Wildman–Crippen MR) is 63.6 cm³/mol. The number of phenols is 1. The maximum absolute atomic E-state index is 9.56. The standard InChI is InChI=1S/C9H7ClN4OS/c10-5-1-2-7(15)6(3-5)12-8-4-11-14-9(16)13-8/h1-4,15H,(H2,12,13,14,16). The van der Waals surface area contributed by atoms with Gasteiger partial charge < -0.3 is 10.4 Å². The Morgan fingerprint density at radius 1 is 1.44 bits per heavy atom. The highest BCUT2D eigenvalue weighted by Crippen LogP contribution is 2.28. The number of rotatable bonds is 2. The van der Waals surface area contributed by atoms with Crippen molar-refractivity contribution in [3.05, 3.63) is 34.2 Å². The van der Waals surface area contributed by atoms with E-state index in [9.17, 15) is 5.11 Å². The van der Waals surface area contributed by atoms with E-state index >= 15 is 0 Å². The first-order valence-corrected chi connectivity index (χ1v) is 5.11. The van der Waals surface area contributed by atoms with Gasteiger partial charge in [-0.05, 0) is 30.4 Å². The average Bonchev–Trinajstić information content (AvgIpc) is 2.24. The number of anilines is 2. The van der Waals surface area contributed by atoms with E-state index < -0.39 is 0 Å². The van der Waals surface area contributed by atoms with Crippen LogP contribution >= 0.6 is 23.8 Å². The molecule has 0 aliphatic heterocycles. The van der Waals surface area contributed by atoms with Crippen molar-refractivity contribution in [3.8, 4) is 5.75 Å². The molecule has 5 nitrogen and oxygen atoms in total. The first-order chi connectivity index (χ1) is 7.65. The molecule has 3 N–H and O–H groups in total. The van der Waals surface area contributed by atoms with Crippen LogP contribution in [0, 0.1) is 4.77 Å². The lowest BCUT2D eigenvalue weighted by Crippen LogP contribution is -1.96. The lowest BCUT2D eigenvalue weighted by atomic mass is 10.3. The van der Waals surface area contributed by atoms with Gasteiger partial charge in [0.1, 0.15) is 5.75 Å². The Balaban J connectivity index is 2.33. The Labute approximate surface area is 101 Å². The lowest BCUT2D eigenvalue weighted by molar-refractivity contribution is 0.477. The van der Waals surface area contributed by atoms with Gasteiger partial charge in [-0.1, -0.05) is 11.6 Å². The van der Waals surface area contributed by atoms with Gasteiger partial charge in [0, 0.05) is 5.02 Å². The van der Waals surface area contributed by atoms with Crippen molar-refractivity contribution in [1.82, 2.24) is 15.2 Å². The minimum atomic E-state index is 0.0740. The molecule has 0 spiro atoms. The maximum atomic E-state index is 9.56. The molecule has 0 aliphatic carbocycles. The summed E-state index contributed by atoms with van der Waals surface area (Å²) in [5, 5.41) is 19.2. The number of nitrogens with one attached hydrogen (secondary N) is 2. The Morgan fingerprint density at radius 2 is 2.25 bits per heavy atom. The molecule has 0 aliphatic rings. The zero-order chi connectivity index (χ0) is 11.5. The summed E-state index contributed by atoms with van der Waals surface area (Å²) in [6, 6.07) is 4.66. The van der Waals surface area contributed by atoms with E-state index in [1.54, 1.807) is 12.1 Å². The smallest absolute Gasteiger partial charge is 0.215 e. The minimum Gasteiger partial charge on any atom is -0.506 e. The largest absolute Gasteiger partial charge is 0.506 e. The summed E-state index contributed by atoms with van der Waals surface area (Å²) in [6.07, 6.45) is 1.45. The van der Waals surface area contributed by atoms with Crippen LogP contribution in [0.25, 0.3) is 0 Å². The molecule has 7 heteroatoms. The molecule has 0 bridgehead atoms. The van der Waals surface area contributed by atoms with Crippen molar-refractivity contribution in [2.24, 2.45) is 0 Å². The summed E-state index contributed by atoms with van der Waals surface area (Å²) in [7, 11) is 0. The number of halogens is 1. The molecule has 2 rings (SSSR count). The Kier molecular flexibility index (Phi) is 3.02. The van der Waals surface area contributed by atoms with E-state index in [4.69, 9.17) is 23.8 Å². The summed E-state index contributed by atoms with van der Waals surface area (Å²) in [5.74, 6) is 0.506. The highest BCUT2D eigenvalue weighted by atomic mass is 35.5. The van der Waals surface area contributed by atoms with Crippen LogP contribution in [-0.4, -0.2) is 20.3 Å². The van der Waals surface area contributed by atoms with Gasteiger partial charge in [-0.3, -0.25) is 5.10 Å². The number of H-pyrrole nitrogens is 1. The molecular weight excluding hydrogens is 248 g/mol. The van der Waals surface area contributed by atoms with Crippen LogP contribution < -0.4 is 5.32 Å². The van der Waals surface area contributed by atoms with Gasteiger partial charge in [0.2, 0.25) is 4.77 Å². The van der Waals surface area contributed by atoms with Crippen LogP contribution in [0.4, 0.5) is 11.5 Å². The van der Waals surface area contributed by atoms with Gasteiger partial charge in [-0.15, -0.1) is 0 Å². The molecule has 82 valence electrons. The average molecular weight is 255 g/mol. The Morgan fingerprint density at radius 3 is 3.00 bits per heavy atom. The van der Waals surface area contributed by atoms with Crippen molar-refractivity contribution in [2.45, 2.75) is 0 Å². The Hall–Kier alpha value is -1.66. The molecule has 0 radical (unpaired) electrons. The molecule has 2 aromatic rings. The normalized spacial score (nSPS) is 10.1. The number of hydrogen-bond donors (Lipinski definition) is 3. The maximum Gasteiger partial charge on any atom is 0.215 e. The zero-order valence-corrected chi connectivity index (χ0v) is 9.51. The van der Waals surface area contributed by atoms with E-state index in [1.807, 2.05) is 0 Å². The van der Waals surface area contributed by atoms with Crippen molar-refractivity contribution in [2.75, 3.05) is 5.32 Å². The van der Waals surface area contributed by atoms with Crippen LogP contribution in [0.15, 0.2) is 24.4 Å². The molecule has 0 saturated heterocycles. The Bertz CT molecular complexity index is 571. The van der Waals surface area contributed by atoms with Crippen LogP contribution in [0.1, 0.15) is 0 Å². The van der Waals surface area contributed by atoms with Crippen molar-refractivity contribution >= 4 is 35.3 Å². The quantitative estimate of drug-likeness (QED) is 0.568. The highest BCUT2D eigenvalue weighted by molar-refractivity contribution is 7.71. The first kappa shape index (κ1) is 10.8. The number of aromatic amines is 1. The van der Waals surface area contributed by atoms with Crippen molar-refractivity contribution in [3.63, 3.8) is 0 Å². The summed E-state index contributed by atoms with van der Waals surface area (Å²) < 4.78 is 0.256. The molecular formula is C9H7ClN4OS. The van der Waals surface area contributed by atoms with E-state index in [0.717, 1.165) is 0 Å². The number of nitrogens with zero attached hydrogens (tertiary/aromatic N) is 2. The molecule has 0 amide bonds. The van der Waals surface area contributed by atoms with Gasteiger partial charge in [0.15, 0.2) is 5.82 Å². The fraction of sp³-hybridized carbons (Fsp3) is 0. The second-order valence-electron chi connectivity index (χ2n) is 2.96. The molecule has 0 saturated carbocycles. The highest BCUT2D eigenvalue weighted by Gasteiger charge is 2.03. The SMILES string of the molecule is Oc1ccc(Cl)cc1Nc1cn[nH]c(=S)n1. The molecule has 0 fully saturated rings. The second kappa shape index (κ2) is 4.46. The second-order valence-corrected chi connectivity index (χ2v) is 3.78. The molecule has 0 unspecified atom stereocenters. The van der Waals surface area contributed by atoms with Crippen LogP contribution in [-0.2, 0) is 0 Å². The minimum absolute atomic E-state index is 0.0740. The zero-order valence-electron chi connectivity index (χ0n) is 7.94. The number of phenolic OH excluding ortho intramolecular Hbond substituents is 1. The summed E-state index contributed by atoms with van der Waals surface area (Å²) >= 11 is 10.6. The number of aromatic nitrogens is 3. The summed E-state index contributed by atoms with van der Waals surface area (Å²) in [5.41, 5.74) is 0.447. The van der Waals surface area contributed by atoms with E-state index in [0.29, 0.717) is 16.5 Å². The third-order valence-corrected chi connectivity index (χ3v) is 2.21. The van der Waals surface area contributed by atoms with Gasteiger partial charge in [-0.2, -0.15) is 10.1 Å². The predicted octanol–water partition coefficient (Wildman–Crippen LogP) is 2.64. The number of aromatic hydroxyl groups is 1. The summed E-state index contributed by atoms with van der Waals surface area (Å²) in [6.45, 7) is 0. The van der Waals surface area contributed by atoms with Gasteiger partial charge >= 0.3 is 0 Å². The fourth-order valence-corrected chi connectivity index (χ4v) is 1.44. The topological polar surface area (TPSA) is 73.8 Å².